The molecule has 0 aromatic rings. The van der Waals surface area contributed by atoms with Crippen LogP contribution in [0.15, 0.2) is 0 Å². The molecule has 0 radical (unpaired) electrons. The van der Waals surface area contributed by atoms with Crippen LogP contribution >= 0.6 is 0 Å². The third-order valence-corrected chi connectivity index (χ3v) is 12.2. The fourth-order valence-electron chi connectivity index (χ4n) is 10.3. The summed E-state index contributed by atoms with van der Waals surface area (Å²) in [5, 5.41) is 23.2. The van der Waals surface area contributed by atoms with Crippen LogP contribution in [0.25, 0.3) is 0 Å². The zero-order chi connectivity index (χ0) is 23.7. The van der Waals surface area contributed by atoms with Gasteiger partial charge in [0, 0.05) is 23.3 Å². The SMILES string of the molecule is C[C@]12CC[C@H]3[C@@H](C[C@@H](N4CCCCC4)[C@@]4(O)C[C@@H](O)CC[C@]34C)[C@@H]1C[C@H](N1CCCCC1)C2=O. The molecule has 0 unspecified atom stereocenters. The highest BCUT2D eigenvalue weighted by molar-refractivity contribution is 5.92. The van der Waals surface area contributed by atoms with Gasteiger partial charge in [-0.1, -0.05) is 26.7 Å². The smallest absolute Gasteiger partial charge is 0.156 e. The molecule has 4 saturated carbocycles. The van der Waals surface area contributed by atoms with Crippen LogP contribution in [0.5, 0.6) is 0 Å². The zero-order valence-corrected chi connectivity index (χ0v) is 21.7. The molecule has 0 spiro atoms. The summed E-state index contributed by atoms with van der Waals surface area (Å²) in [6.07, 6.45) is 13.5. The van der Waals surface area contributed by atoms with Gasteiger partial charge in [0.15, 0.2) is 5.78 Å². The van der Waals surface area contributed by atoms with Crippen LogP contribution in [0.4, 0.5) is 0 Å². The lowest BCUT2D eigenvalue weighted by molar-refractivity contribution is -0.250. The molecule has 6 rings (SSSR count). The Bertz CT molecular complexity index is 792. The van der Waals surface area contributed by atoms with E-state index in [0.29, 0.717) is 30.0 Å². The maximum absolute atomic E-state index is 14.0. The third-order valence-electron chi connectivity index (χ3n) is 12.2. The number of aliphatic hydroxyl groups is 2. The molecule has 5 nitrogen and oxygen atoms in total. The number of carbonyl (C=O) groups is 1. The van der Waals surface area contributed by atoms with Gasteiger partial charge in [0.05, 0.1) is 17.7 Å². The Balaban J connectivity index is 1.35. The number of carbonyl (C=O) groups excluding carboxylic acids is 1. The van der Waals surface area contributed by atoms with Gasteiger partial charge in [-0.05, 0) is 108 Å². The Labute approximate surface area is 206 Å². The van der Waals surface area contributed by atoms with Crippen LogP contribution < -0.4 is 0 Å². The number of Topliss-reactive ketones (excluding diaryl/α,β-unsaturated/α-hetero) is 1. The Morgan fingerprint density at radius 2 is 1.47 bits per heavy atom. The van der Waals surface area contributed by atoms with Gasteiger partial charge in [-0.25, -0.2) is 0 Å². The van der Waals surface area contributed by atoms with Crippen molar-refractivity contribution in [1.82, 2.24) is 9.80 Å². The molecule has 0 bridgehead atoms. The molecule has 6 aliphatic rings. The minimum Gasteiger partial charge on any atom is -0.393 e. The lowest BCUT2D eigenvalue weighted by Gasteiger charge is -2.67. The number of likely N-dealkylation sites (tertiary alicyclic amines) is 2. The summed E-state index contributed by atoms with van der Waals surface area (Å²) < 4.78 is 0. The van der Waals surface area contributed by atoms with E-state index in [1.165, 1.54) is 38.5 Å². The summed E-state index contributed by atoms with van der Waals surface area (Å²) in [7, 11) is 0. The van der Waals surface area contributed by atoms with E-state index >= 15 is 0 Å². The fraction of sp³-hybridized carbons (Fsp3) is 0.966. The first-order valence-corrected chi connectivity index (χ1v) is 14.7. The van der Waals surface area contributed by atoms with Crippen LogP contribution in [0.1, 0.15) is 97.3 Å². The van der Waals surface area contributed by atoms with E-state index in [9.17, 15) is 15.0 Å². The standard InChI is InChI=1S/C29H48N2O3/c1-27-11-10-22-21(23(27)18-24(26(27)33)30-13-5-3-6-14-30)17-25(31-15-7-4-8-16-31)29(34)19-20(32)9-12-28(22,29)2/h20-25,32,34H,3-19H2,1-2H3/t20-,21+,22-,23-,24-,25+,27-,28+,29-/m0/s1. The quantitative estimate of drug-likeness (QED) is 0.636. The van der Waals surface area contributed by atoms with Crippen LogP contribution in [-0.2, 0) is 4.79 Å². The Kier molecular flexibility index (Phi) is 5.99. The van der Waals surface area contributed by atoms with Crippen molar-refractivity contribution < 1.29 is 15.0 Å². The highest BCUT2D eigenvalue weighted by Crippen LogP contribution is 2.67. The first-order chi connectivity index (χ1) is 16.3. The van der Waals surface area contributed by atoms with E-state index in [-0.39, 0.29) is 29.0 Å². The third kappa shape index (κ3) is 3.35. The highest BCUT2D eigenvalue weighted by atomic mass is 16.3. The average molecular weight is 473 g/mol. The number of piperidine rings is 2. The summed E-state index contributed by atoms with van der Waals surface area (Å²) in [6, 6.07) is 0.254. The molecular weight excluding hydrogens is 424 g/mol. The van der Waals surface area contributed by atoms with Crippen LogP contribution in [-0.4, -0.2) is 75.8 Å². The minimum atomic E-state index is -0.814. The van der Waals surface area contributed by atoms with Crippen molar-refractivity contribution in [2.24, 2.45) is 28.6 Å². The second-order valence-electron chi connectivity index (χ2n) is 13.6. The maximum atomic E-state index is 14.0. The highest BCUT2D eigenvalue weighted by Gasteiger charge is 2.69. The predicted molar refractivity (Wildman–Crippen MR) is 133 cm³/mol. The number of ketones is 1. The Morgan fingerprint density at radius 1 is 0.824 bits per heavy atom. The molecular formula is C29H48N2O3. The van der Waals surface area contributed by atoms with E-state index in [4.69, 9.17) is 0 Å². The lowest BCUT2D eigenvalue weighted by Crippen LogP contribution is -2.72. The number of hydrogen-bond donors (Lipinski definition) is 2. The molecule has 6 fully saturated rings. The van der Waals surface area contributed by atoms with Gasteiger partial charge >= 0.3 is 0 Å². The molecule has 0 amide bonds. The van der Waals surface area contributed by atoms with E-state index in [1.54, 1.807) is 0 Å². The molecule has 192 valence electrons. The van der Waals surface area contributed by atoms with E-state index in [0.717, 1.165) is 64.7 Å². The summed E-state index contributed by atoms with van der Waals surface area (Å²) in [4.78, 5) is 19.1. The number of rotatable bonds is 2. The maximum Gasteiger partial charge on any atom is 0.156 e. The minimum absolute atomic E-state index is 0.125. The summed E-state index contributed by atoms with van der Waals surface area (Å²) in [5.41, 5.74) is -1.16. The Morgan fingerprint density at radius 3 is 2.15 bits per heavy atom. The summed E-state index contributed by atoms with van der Waals surface area (Å²) in [6.45, 7) is 9.03. The molecule has 4 aliphatic carbocycles. The number of fused-ring (bicyclic) bond motifs is 5. The average Bonchev–Trinajstić information content (AvgIpc) is 3.12. The molecule has 2 N–H and O–H groups in total. The van der Waals surface area contributed by atoms with Gasteiger partial charge in [-0.3, -0.25) is 14.6 Å². The Hall–Kier alpha value is -0.490. The van der Waals surface area contributed by atoms with Crippen molar-refractivity contribution in [3.05, 3.63) is 0 Å². The van der Waals surface area contributed by atoms with Crippen molar-refractivity contribution in [2.75, 3.05) is 26.2 Å². The zero-order valence-electron chi connectivity index (χ0n) is 21.7. The van der Waals surface area contributed by atoms with Crippen molar-refractivity contribution in [3.63, 3.8) is 0 Å². The van der Waals surface area contributed by atoms with Crippen LogP contribution in [0.2, 0.25) is 0 Å². The summed E-state index contributed by atoms with van der Waals surface area (Å²) in [5.74, 6) is 1.98. The topological polar surface area (TPSA) is 64.0 Å². The van der Waals surface area contributed by atoms with E-state index in [2.05, 4.69) is 23.6 Å². The molecule has 2 aliphatic heterocycles. The van der Waals surface area contributed by atoms with Crippen molar-refractivity contribution in [3.8, 4) is 0 Å². The largest absolute Gasteiger partial charge is 0.393 e. The number of nitrogens with zero attached hydrogens (tertiary/aromatic N) is 2. The molecule has 5 heteroatoms. The van der Waals surface area contributed by atoms with Gasteiger partial charge in [0.2, 0.25) is 0 Å². The summed E-state index contributed by atoms with van der Waals surface area (Å²) >= 11 is 0. The van der Waals surface area contributed by atoms with Crippen LogP contribution in [0, 0.1) is 28.6 Å². The van der Waals surface area contributed by atoms with Crippen molar-refractivity contribution in [1.29, 1.82) is 0 Å². The molecule has 2 saturated heterocycles. The van der Waals surface area contributed by atoms with Crippen molar-refractivity contribution in [2.45, 2.75) is 121 Å². The number of aliphatic hydroxyl groups excluding tert-OH is 1. The second-order valence-corrected chi connectivity index (χ2v) is 13.6. The lowest BCUT2D eigenvalue weighted by atomic mass is 9.42. The van der Waals surface area contributed by atoms with E-state index in [1.807, 2.05) is 0 Å². The second kappa shape index (κ2) is 8.53. The normalized spacial score (nSPS) is 52.6. The first kappa shape index (κ1) is 23.9. The molecule has 0 aromatic heterocycles. The fourth-order valence-corrected chi connectivity index (χ4v) is 10.3. The van der Waals surface area contributed by atoms with Gasteiger partial charge in [0.25, 0.3) is 0 Å². The first-order valence-electron chi connectivity index (χ1n) is 14.7. The molecule has 34 heavy (non-hydrogen) atoms. The molecule has 9 atom stereocenters. The molecule has 0 aromatic carbocycles. The monoisotopic (exact) mass is 472 g/mol. The molecule has 2 heterocycles. The van der Waals surface area contributed by atoms with Crippen LogP contribution in [0.3, 0.4) is 0 Å². The van der Waals surface area contributed by atoms with Gasteiger partial charge in [0.1, 0.15) is 0 Å². The van der Waals surface area contributed by atoms with E-state index < -0.39 is 5.60 Å². The van der Waals surface area contributed by atoms with Gasteiger partial charge < -0.3 is 10.2 Å². The van der Waals surface area contributed by atoms with Crippen molar-refractivity contribution >= 4 is 5.78 Å². The van der Waals surface area contributed by atoms with Gasteiger partial charge in [-0.2, -0.15) is 0 Å². The van der Waals surface area contributed by atoms with Gasteiger partial charge in [-0.15, -0.1) is 0 Å². The predicted octanol–water partition coefficient (Wildman–Crippen LogP) is 4.00. The number of hydrogen-bond acceptors (Lipinski definition) is 5.